The number of benzene rings is 1. The number of hydrogen-bond acceptors (Lipinski definition) is 2. The second-order valence-corrected chi connectivity index (χ2v) is 3.55. The largest absolute Gasteiger partial charge is 0.391 e. The highest BCUT2D eigenvalue weighted by molar-refractivity contribution is 5.58. The Labute approximate surface area is 91.3 Å². The zero-order valence-corrected chi connectivity index (χ0v) is 9.23. The summed E-state index contributed by atoms with van der Waals surface area (Å²) >= 11 is 0. The Morgan fingerprint density at radius 3 is 2.87 bits per heavy atom. The van der Waals surface area contributed by atoms with Gasteiger partial charge in [0, 0.05) is 5.92 Å². The second kappa shape index (κ2) is 6.02. The maximum absolute atomic E-state index is 5.14. The first-order chi connectivity index (χ1) is 7.24. The van der Waals surface area contributed by atoms with E-state index in [0.29, 0.717) is 12.5 Å². The van der Waals surface area contributed by atoms with Crippen molar-refractivity contribution in [3.63, 3.8) is 0 Å². The van der Waals surface area contributed by atoms with Gasteiger partial charge in [0.1, 0.15) is 12.8 Å². The van der Waals surface area contributed by atoms with Crippen molar-refractivity contribution in [3.05, 3.63) is 42.0 Å². The van der Waals surface area contributed by atoms with Crippen molar-refractivity contribution < 1.29 is 4.84 Å². The van der Waals surface area contributed by atoms with E-state index in [9.17, 15) is 0 Å². The van der Waals surface area contributed by atoms with E-state index in [4.69, 9.17) is 4.84 Å². The lowest BCUT2D eigenvalue weighted by atomic mass is 10.1. The summed E-state index contributed by atoms with van der Waals surface area (Å²) in [5.41, 5.74) is 2.17. The van der Waals surface area contributed by atoms with Gasteiger partial charge in [0.25, 0.3) is 0 Å². The van der Waals surface area contributed by atoms with Gasteiger partial charge >= 0.3 is 0 Å². The maximum Gasteiger partial charge on any atom is 0.142 e. The van der Waals surface area contributed by atoms with E-state index in [1.165, 1.54) is 0 Å². The number of hydrogen-bond donors (Lipinski definition) is 0. The summed E-state index contributed by atoms with van der Waals surface area (Å²) in [6, 6.07) is 7.95. The molecule has 0 amide bonds. The molecule has 0 spiro atoms. The average molecular weight is 202 g/mol. The van der Waals surface area contributed by atoms with E-state index >= 15 is 0 Å². The molecule has 1 aromatic carbocycles. The SMILES string of the molecule is C=Cc1ccccc1CO/N=[C]\C(C)C. The van der Waals surface area contributed by atoms with Crippen LogP contribution in [0, 0.1) is 5.92 Å². The summed E-state index contributed by atoms with van der Waals surface area (Å²) in [6.07, 6.45) is 4.64. The highest BCUT2D eigenvalue weighted by Crippen LogP contribution is 2.11. The molecule has 0 N–H and O–H groups in total. The molecule has 2 nitrogen and oxygen atoms in total. The van der Waals surface area contributed by atoms with E-state index in [-0.39, 0.29) is 0 Å². The lowest BCUT2D eigenvalue weighted by Crippen LogP contribution is -1.93. The lowest BCUT2D eigenvalue weighted by Gasteiger charge is -2.03. The second-order valence-electron chi connectivity index (χ2n) is 3.55. The molecule has 0 atom stereocenters. The molecule has 2 heteroatoms. The molecule has 0 aliphatic carbocycles. The Hall–Kier alpha value is -1.57. The van der Waals surface area contributed by atoms with Crippen LogP contribution in [0.3, 0.4) is 0 Å². The summed E-state index contributed by atoms with van der Waals surface area (Å²) in [6.45, 7) is 8.22. The summed E-state index contributed by atoms with van der Waals surface area (Å²) in [5.74, 6) is 0.291. The fourth-order valence-electron chi connectivity index (χ4n) is 1.11. The average Bonchev–Trinajstić information content (AvgIpc) is 2.24. The third-order valence-electron chi connectivity index (χ3n) is 1.87. The van der Waals surface area contributed by atoms with Gasteiger partial charge in [-0.05, 0) is 11.1 Å². The van der Waals surface area contributed by atoms with Crippen LogP contribution in [0.25, 0.3) is 6.08 Å². The molecule has 1 rings (SSSR count). The van der Waals surface area contributed by atoms with Gasteiger partial charge in [-0.2, -0.15) is 0 Å². The standard InChI is InChI=1S/C13H16NO/c1-4-12-7-5-6-8-13(12)10-15-14-9-11(2)3/h4-8,11H,1,10H2,2-3H3. The molecular weight excluding hydrogens is 186 g/mol. The molecule has 0 saturated carbocycles. The van der Waals surface area contributed by atoms with Gasteiger partial charge < -0.3 is 4.84 Å². The van der Waals surface area contributed by atoms with Crippen LogP contribution in [-0.4, -0.2) is 6.21 Å². The molecule has 1 aromatic rings. The van der Waals surface area contributed by atoms with E-state index in [2.05, 4.69) is 17.9 Å². The first-order valence-electron chi connectivity index (χ1n) is 5.02. The molecule has 0 aliphatic rings. The maximum atomic E-state index is 5.14. The van der Waals surface area contributed by atoms with Gasteiger partial charge in [-0.1, -0.05) is 55.9 Å². The topological polar surface area (TPSA) is 21.6 Å². The lowest BCUT2D eigenvalue weighted by molar-refractivity contribution is 0.131. The molecule has 0 heterocycles. The highest BCUT2D eigenvalue weighted by atomic mass is 16.6. The molecule has 0 saturated heterocycles. The van der Waals surface area contributed by atoms with Crippen LogP contribution in [0.1, 0.15) is 25.0 Å². The molecule has 15 heavy (non-hydrogen) atoms. The van der Waals surface area contributed by atoms with Crippen molar-refractivity contribution in [1.82, 2.24) is 0 Å². The number of nitrogens with zero attached hydrogens (tertiary/aromatic N) is 1. The molecule has 0 fully saturated rings. The van der Waals surface area contributed by atoms with Crippen LogP contribution in [0.5, 0.6) is 0 Å². The minimum absolute atomic E-state index is 0.291. The van der Waals surface area contributed by atoms with E-state index < -0.39 is 0 Å². The minimum atomic E-state index is 0.291. The fraction of sp³-hybridized carbons (Fsp3) is 0.308. The van der Waals surface area contributed by atoms with Crippen molar-refractivity contribution in [2.45, 2.75) is 20.5 Å². The summed E-state index contributed by atoms with van der Waals surface area (Å²) in [5, 5.41) is 3.76. The van der Waals surface area contributed by atoms with Crippen LogP contribution in [-0.2, 0) is 11.4 Å². The monoisotopic (exact) mass is 202 g/mol. The van der Waals surface area contributed by atoms with Gasteiger partial charge in [-0.3, -0.25) is 0 Å². The van der Waals surface area contributed by atoms with Gasteiger partial charge in [0.05, 0.1) is 0 Å². The Bertz CT molecular complexity index is 342. The van der Waals surface area contributed by atoms with Crippen LogP contribution < -0.4 is 0 Å². The molecule has 0 aliphatic heterocycles. The Morgan fingerprint density at radius 1 is 1.47 bits per heavy atom. The molecule has 79 valence electrons. The Morgan fingerprint density at radius 2 is 2.20 bits per heavy atom. The summed E-state index contributed by atoms with van der Waals surface area (Å²) in [4.78, 5) is 5.14. The summed E-state index contributed by atoms with van der Waals surface area (Å²) < 4.78 is 0. The van der Waals surface area contributed by atoms with Gasteiger partial charge in [-0.25, -0.2) is 0 Å². The van der Waals surface area contributed by atoms with E-state index in [0.717, 1.165) is 11.1 Å². The fourth-order valence-corrected chi connectivity index (χ4v) is 1.11. The predicted octanol–water partition coefficient (Wildman–Crippen LogP) is 3.37. The first kappa shape index (κ1) is 11.5. The van der Waals surface area contributed by atoms with Crippen molar-refractivity contribution >= 4 is 12.3 Å². The van der Waals surface area contributed by atoms with Crippen LogP contribution in [0.2, 0.25) is 0 Å². The van der Waals surface area contributed by atoms with Crippen LogP contribution in [0.15, 0.2) is 36.0 Å². The first-order valence-corrected chi connectivity index (χ1v) is 5.02. The number of rotatable bonds is 5. The van der Waals surface area contributed by atoms with Crippen LogP contribution >= 0.6 is 0 Å². The van der Waals surface area contributed by atoms with Crippen LogP contribution in [0.4, 0.5) is 0 Å². The molecule has 0 unspecified atom stereocenters. The molecule has 1 radical (unpaired) electrons. The third kappa shape index (κ3) is 3.98. The normalized spacial score (nSPS) is 10.9. The Balaban J connectivity index is 2.53. The van der Waals surface area contributed by atoms with Crippen molar-refractivity contribution in [3.8, 4) is 0 Å². The van der Waals surface area contributed by atoms with E-state index in [1.807, 2.05) is 44.2 Å². The molecule has 0 aromatic heterocycles. The summed E-state index contributed by atoms with van der Waals surface area (Å²) in [7, 11) is 0. The zero-order chi connectivity index (χ0) is 11.1. The molecular formula is C13H16NO. The van der Waals surface area contributed by atoms with Gasteiger partial charge in [0.2, 0.25) is 0 Å². The Kier molecular flexibility index (Phi) is 4.61. The van der Waals surface area contributed by atoms with Gasteiger partial charge in [-0.15, -0.1) is 0 Å². The third-order valence-corrected chi connectivity index (χ3v) is 1.87. The zero-order valence-electron chi connectivity index (χ0n) is 9.23. The van der Waals surface area contributed by atoms with Crippen molar-refractivity contribution in [2.75, 3.05) is 0 Å². The smallest absolute Gasteiger partial charge is 0.142 e. The van der Waals surface area contributed by atoms with E-state index in [1.54, 1.807) is 0 Å². The van der Waals surface area contributed by atoms with Crippen molar-refractivity contribution in [2.24, 2.45) is 11.1 Å². The van der Waals surface area contributed by atoms with Crippen molar-refractivity contribution in [1.29, 1.82) is 0 Å². The predicted molar refractivity (Wildman–Crippen MR) is 63.6 cm³/mol. The highest BCUT2D eigenvalue weighted by Gasteiger charge is 1.97. The quantitative estimate of drug-likeness (QED) is 0.530. The minimum Gasteiger partial charge on any atom is -0.391 e. The van der Waals surface area contributed by atoms with Gasteiger partial charge in [0.15, 0.2) is 0 Å². The molecule has 0 bridgehead atoms.